The van der Waals surface area contributed by atoms with E-state index in [4.69, 9.17) is 0 Å². The van der Waals surface area contributed by atoms with Crippen LogP contribution in [0.15, 0.2) is 79.4 Å². The number of aromatic amines is 2. The van der Waals surface area contributed by atoms with E-state index >= 15 is 0 Å². The summed E-state index contributed by atoms with van der Waals surface area (Å²) in [6.45, 7) is 0. The van der Waals surface area contributed by atoms with Crippen molar-refractivity contribution in [3.05, 3.63) is 85.2 Å². The monoisotopic (exact) mass is 488 g/mol. The number of carbonyl (C=O) groups excluding carboxylic acids is 1. The van der Waals surface area contributed by atoms with Gasteiger partial charge in [0, 0.05) is 45.8 Å². The topological polar surface area (TPSA) is 99.3 Å². The average Bonchev–Trinajstić information content (AvgIpc) is 3.55. The SMILES string of the molecule is O=C(Nc1cncc(-c2ccc3[nH]nc(-c4cc5c(-c6ccccc6F)cncc5[nH]4)c3c2)c1)C1CC1. The van der Waals surface area contributed by atoms with Crippen LogP contribution in [0.5, 0.6) is 0 Å². The first-order chi connectivity index (χ1) is 18.1. The molecule has 3 N–H and O–H groups in total. The standard InChI is InChI=1S/C29H21FN6O/c30-24-4-2-1-3-20(24)23-14-32-15-27-21(23)11-26(34-27)28-22-10-17(7-8-25(22)35-36-28)18-9-19(13-31-12-18)33-29(37)16-5-6-16/h1-4,7-16,34H,5-6H2,(H,33,37)(H,35,36). The minimum absolute atomic E-state index is 0.0505. The summed E-state index contributed by atoms with van der Waals surface area (Å²) in [5, 5.41) is 12.4. The van der Waals surface area contributed by atoms with Gasteiger partial charge in [-0.25, -0.2) is 4.39 Å². The number of pyridine rings is 2. The zero-order valence-corrected chi connectivity index (χ0v) is 19.6. The molecule has 1 aliphatic rings. The molecule has 1 fully saturated rings. The number of amides is 1. The van der Waals surface area contributed by atoms with Crippen LogP contribution in [0.4, 0.5) is 10.1 Å². The van der Waals surface area contributed by atoms with E-state index in [1.165, 1.54) is 6.07 Å². The third kappa shape index (κ3) is 3.83. The largest absolute Gasteiger partial charge is 0.352 e. The van der Waals surface area contributed by atoms with Gasteiger partial charge in [-0.3, -0.25) is 19.9 Å². The highest BCUT2D eigenvalue weighted by Gasteiger charge is 2.29. The highest BCUT2D eigenvalue weighted by Crippen LogP contribution is 2.36. The number of halogens is 1. The molecule has 7 rings (SSSR count). The summed E-state index contributed by atoms with van der Waals surface area (Å²) in [7, 11) is 0. The number of rotatable bonds is 5. The van der Waals surface area contributed by atoms with Gasteiger partial charge in [-0.15, -0.1) is 0 Å². The molecule has 2 aromatic carbocycles. The van der Waals surface area contributed by atoms with Crippen molar-refractivity contribution < 1.29 is 9.18 Å². The van der Waals surface area contributed by atoms with E-state index in [1.54, 1.807) is 36.9 Å². The van der Waals surface area contributed by atoms with Gasteiger partial charge in [-0.05, 0) is 48.7 Å². The maximum Gasteiger partial charge on any atom is 0.227 e. The first-order valence-corrected chi connectivity index (χ1v) is 12.1. The van der Waals surface area contributed by atoms with Crippen LogP contribution >= 0.6 is 0 Å². The molecule has 4 aromatic heterocycles. The number of benzene rings is 2. The van der Waals surface area contributed by atoms with Gasteiger partial charge in [0.25, 0.3) is 0 Å². The molecule has 7 nitrogen and oxygen atoms in total. The number of anilines is 1. The summed E-state index contributed by atoms with van der Waals surface area (Å²) in [5.41, 5.74) is 6.98. The van der Waals surface area contributed by atoms with E-state index in [2.05, 4.69) is 36.5 Å². The van der Waals surface area contributed by atoms with Gasteiger partial charge in [-0.1, -0.05) is 24.3 Å². The van der Waals surface area contributed by atoms with Crippen molar-refractivity contribution >= 4 is 33.4 Å². The molecule has 0 radical (unpaired) electrons. The number of hydrogen-bond donors (Lipinski definition) is 3. The maximum absolute atomic E-state index is 14.6. The highest BCUT2D eigenvalue weighted by molar-refractivity contribution is 6.01. The Balaban J connectivity index is 1.29. The molecule has 0 spiro atoms. The Bertz CT molecular complexity index is 1820. The predicted molar refractivity (Wildman–Crippen MR) is 141 cm³/mol. The van der Waals surface area contributed by atoms with Crippen LogP contribution in [0, 0.1) is 11.7 Å². The smallest absolute Gasteiger partial charge is 0.227 e. The highest BCUT2D eigenvalue weighted by atomic mass is 19.1. The zero-order valence-electron chi connectivity index (χ0n) is 19.6. The molecule has 6 aromatic rings. The first-order valence-electron chi connectivity index (χ1n) is 12.1. The lowest BCUT2D eigenvalue weighted by atomic mass is 10.0. The van der Waals surface area contributed by atoms with Crippen molar-refractivity contribution in [3.8, 4) is 33.6 Å². The normalized spacial score (nSPS) is 13.3. The number of H-pyrrole nitrogens is 2. The van der Waals surface area contributed by atoms with Crippen LogP contribution in [0.1, 0.15) is 12.8 Å². The molecule has 0 bridgehead atoms. The second-order valence-electron chi connectivity index (χ2n) is 9.37. The van der Waals surface area contributed by atoms with Crippen molar-refractivity contribution in [2.75, 3.05) is 5.32 Å². The van der Waals surface area contributed by atoms with Crippen molar-refractivity contribution in [1.82, 2.24) is 25.1 Å². The summed E-state index contributed by atoms with van der Waals surface area (Å²) in [4.78, 5) is 24.2. The van der Waals surface area contributed by atoms with Crippen LogP contribution < -0.4 is 5.32 Å². The Morgan fingerprint density at radius 3 is 2.59 bits per heavy atom. The molecule has 1 saturated carbocycles. The van der Waals surface area contributed by atoms with E-state index in [1.807, 2.05) is 30.3 Å². The first kappa shape index (κ1) is 21.4. The van der Waals surface area contributed by atoms with Gasteiger partial charge < -0.3 is 10.3 Å². The van der Waals surface area contributed by atoms with E-state index in [0.29, 0.717) is 11.3 Å². The fourth-order valence-corrected chi connectivity index (χ4v) is 4.73. The Morgan fingerprint density at radius 1 is 0.865 bits per heavy atom. The number of aromatic nitrogens is 5. The molecule has 8 heteroatoms. The van der Waals surface area contributed by atoms with Crippen LogP contribution in [-0.2, 0) is 4.79 Å². The Morgan fingerprint density at radius 2 is 1.73 bits per heavy atom. The van der Waals surface area contributed by atoms with Crippen molar-refractivity contribution in [3.63, 3.8) is 0 Å². The van der Waals surface area contributed by atoms with Gasteiger partial charge in [-0.2, -0.15) is 5.10 Å². The van der Waals surface area contributed by atoms with Crippen molar-refractivity contribution in [1.29, 1.82) is 0 Å². The molecule has 4 heterocycles. The number of fused-ring (bicyclic) bond motifs is 2. The summed E-state index contributed by atoms with van der Waals surface area (Å²) in [5.74, 6) is -0.118. The van der Waals surface area contributed by atoms with Crippen molar-refractivity contribution in [2.24, 2.45) is 5.92 Å². The van der Waals surface area contributed by atoms with Gasteiger partial charge in [0.2, 0.25) is 5.91 Å². The number of carbonyl (C=O) groups is 1. The molecule has 37 heavy (non-hydrogen) atoms. The Kier molecular flexibility index (Phi) is 4.85. The predicted octanol–water partition coefficient (Wildman–Crippen LogP) is 6.32. The molecule has 0 atom stereocenters. The van der Waals surface area contributed by atoms with E-state index in [9.17, 15) is 9.18 Å². The zero-order chi connectivity index (χ0) is 24.9. The summed E-state index contributed by atoms with van der Waals surface area (Å²) < 4.78 is 14.6. The van der Waals surface area contributed by atoms with Crippen LogP contribution in [0.2, 0.25) is 0 Å². The number of nitrogens with one attached hydrogen (secondary N) is 3. The van der Waals surface area contributed by atoms with Crippen molar-refractivity contribution in [2.45, 2.75) is 12.8 Å². The minimum atomic E-state index is -0.293. The van der Waals surface area contributed by atoms with Gasteiger partial charge in [0.05, 0.1) is 34.8 Å². The van der Waals surface area contributed by atoms with Crippen LogP contribution in [0.3, 0.4) is 0 Å². The van der Waals surface area contributed by atoms with E-state index in [0.717, 1.165) is 62.7 Å². The van der Waals surface area contributed by atoms with Crippen LogP contribution in [0.25, 0.3) is 55.4 Å². The summed E-state index contributed by atoms with van der Waals surface area (Å²) >= 11 is 0. The van der Waals surface area contributed by atoms with Gasteiger partial charge in [0.1, 0.15) is 11.5 Å². The van der Waals surface area contributed by atoms with E-state index in [-0.39, 0.29) is 17.6 Å². The second kappa shape index (κ2) is 8.37. The minimum Gasteiger partial charge on any atom is -0.352 e. The third-order valence-corrected chi connectivity index (χ3v) is 6.81. The molecular formula is C29H21FN6O. The number of nitrogens with zero attached hydrogens (tertiary/aromatic N) is 3. The second-order valence-corrected chi connectivity index (χ2v) is 9.37. The Hall–Kier alpha value is -4.85. The summed E-state index contributed by atoms with van der Waals surface area (Å²) in [6, 6.07) is 16.6. The molecular weight excluding hydrogens is 467 g/mol. The lowest BCUT2D eigenvalue weighted by Gasteiger charge is -2.07. The average molecular weight is 489 g/mol. The molecule has 180 valence electrons. The Labute approximate surface area is 210 Å². The molecule has 0 saturated heterocycles. The fourth-order valence-electron chi connectivity index (χ4n) is 4.73. The lowest BCUT2D eigenvalue weighted by molar-refractivity contribution is -0.117. The molecule has 1 aliphatic carbocycles. The lowest BCUT2D eigenvalue weighted by Crippen LogP contribution is -2.13. The van der Waals surface area contributed by atoms with Gasteiger partial charge >= 0.3 is 0 Å². The molecule has 1 amide bonds. The van der Waals surface area contributed by atoms with Crippen LogP contribution in [-0.4, -0.2) is 31.1 Å². The van der Waals surface area contributed by atoms with E-state index < -0.39 is 0 Å². The number of hydrogen-bond acceptors (Lipinski definition) is 4. The van der Waals surface area contributed by atoms with Gasteiger partial charge in [0.15, 0.2) is 0 Å². The fraction of sp³-hybridized carbons (Fsp3) is 0.103. The molecule has 0 aliphatic heterocycles. The quantitative estimate of drug-likeness (QED) is 0.264. The maximum atomic E-state index is 14.6. The third-order valence-electron chi connectivity index (χ3n) is 6.81. The molecule has 0 unspecified atom stereocenters. The summed E-state index contributed by atoms with van der Waals surface area (Å²) in [6.07, 6.45) is 8.76.